The van der Waals surface area contributed by atoms with Crippen LogP contribution in [0.3, 0.4) is 0 Å². The maximum Gasteiger partial charge on any atom is 0.163 e. The van der Waals surface area contributed by atoms with Crippen molar-refractivity contribution in [3.8, 4) is 28.4 Å². The second-order valence-corrected chi connectivity index (χ2v) is 9.69. The molecule has 3 unspecified atom stereocenters. The number of benzene rings is 1. The molecule has 3 N–H and O–H groups in total. The van der Waals surface area contributed by atoms with Crippen LogP contribution >= 0.6 is 11.6 Å². The summed E-state index contributed by atoms with van der Waals surface area (Å²) in [5.41, 5.74) is 3.89. The van der Waals surface area contributed by atoms with Crippen molar-refractivity contribution in [3.05, 3.63) is 40.2 Å². The monoisotopic (exact) mass is 515 g/mol. The second-order valence-electron chi connectivity index (χ2n) is 9.28. The van der Waals surface area contributed by atoms with Gasteiger partial charge in [-0.2, -0.15) is 0 Å². The van der Waals surface area contributed by atoms with Gasteiger partial charge in [-0.15, -0.1) is 0 Å². The van der Waals surface area contributed by atoms with Crippen molar-refractivity contribution in [2.24, 2.45) is 0 Å². The van der Waals surface area contributed by atoms with Crippen molar-refractivity contribution in [1.82, 2.24) is 20.4 Å². The third-order valence-corrected chi connectivity index (χ3v) is 6.63. The average molecular weight is 516 g/mol. The Morgan fingerprint density at radius 3 is 2.75 bits per heavy atom. The molecule has 9 nitrogen and oxygen atoms in total. The summed E-state index contributed by atoms with van der Waals surface area (Å²) in [4.78, 5) is 9.83. The van der Waals surface area contributed by atoms with Crippen LogP contribution in [0.2, 0.25) is 5.02 Å². The molecular formula is C26H34ClN5O4. The first-order chi connectivity index (χ1) is 17.3. The Morgan fingerprint density at radius 1 is 1.25 bits per heavy atom. The fourth-order valence-corrected chi connectivity index (χ4v) is 4.62. The quantitative estimate of drug-likeness (QED) is 0.383. The predicted molar refractivity (Wildman–Crippen MR) is 140 cm³/mol. The summed E-state index contributed by atoms with van der Waals surface area (Å²) in [7, 11) is 1.78. The molecule has 0 bridgehead atoms. The van der Waals surface area contributed by atoms with Gasteiger partial charge in [0.1, 0.15) is 30.0 Å². The van der Waals surface area contributed by atoms with Crippen LogP contribution in [-0.4, -0.2) is 65.3 Å². The van der Waals surface area contributed by atoms with Crippen LogP contribution in [0.15, 0.2) is 22.7 Å². The van der Waals surface area contributed by atoms with Crippen molar-refractivity contribution in [2.75, 3.05) is 32.1 Å². The Labute approximate surface area is 216 Å². The minimum absolute atomic E-state index is 0.149. The number of aliphatic hydroxyl groups is 1. The molecule has 2 aromatic heterocycles. The lowest BCUT2D eigenvalue weighted by Gasteiger charge is -2.29. The zero-order chi connectivity index (χ0) is 25.8. The van der Waals surface area contributed by atoms with Crippen molar-refractivity contribution in [2.45, 2.75) is 58.8 Å². The molecule has 3 atom stereocenters. The van der Waals surface area contributed by atoms with Gasteiger partial charge in [0.2, 0.25) is 0 Å². The minimum atomic E-state index is -0.631. The smallest absolute Gasteiger partial charge is 0.163 e. The van der Waals surface area contributed by atoms with E-state index in [1.807, 2.05) is 20.8 Å². The van der Waals surface area contributed by atoms with Gasteiger partial charge in [0.15, 0.2) is 5.82 Å². The van der Waals surface area contributed by atoms with Crippen LogP contribution in [0, 0.1) is 20.8 Å². The van der Waals surface area contributed by atoms with Gasteiger partial charge >= 0.3 is 0 Å². The van der Waals surface area contributed by atoms with E-state index in [0.29, 0.717) is 41.1 Å². The third kappa shape index (κ3) is 5.98. The van der Waals surface area contributed by atoms with Crippen molar-refractivity contribution in [1.29, 1.82) is 0 Å². The first-order valence-electron chi connectivity index (χ1n) is 12.2. The molecule has 1 aliphatic rings. The highest BCUT2D eigenvalue weighted by Crippen LogP contribution is 2.36. The summed E-state index contributed by atoms with van der Waals surface area (Å²) in [6.07, 6.45) is 1.33. The average Bonchev–Trinajstić information content (AvgIpc) is 3.18. The maximum absolute atomic E-state index is 10.0. The number of hydrogen-bond donors (Lipinski definition) is 3. The van der Waals surface area contributed by atoms with Gasteiger partial charge < -0.3 is 29.7 Å². The summed E-state index contributed by atoms with van der Waals surface area (Å²) < 4.78 is 17.0. The van der Waals surface area contributed by atoms with Gasteiger partial charge in [-0.25, -0.2) is 9.97 Å². The number of nitrogens with one attached hydrogen (secondary N) is 2. The minimum Gasteiger partial charge on any atom is -0.491 e. The largest absolute Gasteiger partial charge is 0.491 e. The van der Waals surface area contributed by atoms with Crippen LogP contribution in [0.25, 0.3) is 22.6 Å². The van der Waals surface area contributed by atoms with Gasteiger partial charge in [-0.1, -0.05) is 16.8 Å². The molecule has 3 aromatic rings. The highest BCUT2D eigenvalue weighted by molar-refractivity contribution is 6.33. The maximum atomic E-state index is 10.0. The second kappa shape index (κ2) is 11.6. The molecule has 0 spiro atoms. The first-order valence-corrected chi connectivity index (χ1v) is 12.6. The Morgan fingerprint density at radius 2 is 2.06 bits per heavy atom. The molecule has 1 fully saturated rings. The zero-order valence-corrected chi connectivity index (χ0v) is 22.1. The number of nitrogens with zero attached hydrogens (tertiary/aromatic N) is 3. The van der Waals surface area contributed by atoms with E-state index in [0.717, 1.165) is 41.2 Å². The predicted octanol–water partition coefficient (Wildman–Crippen LogP) is 4.32. The normalized spacial score (nSPS) is 18.8. The molecule has 1 aromatic carbocycles. The molecule has 0 saturated carbocycles. The van der Waals surface area contributed by atoms with Gasteiger partial charge in [-0.05, 0) is 65.8 Å². The lowest BCUT2D eigenvalue weighted by Crippen LogP contribution is -2.33. The number of ether oxygens (including phenoxy) is 2. The molecule has 1 aliphatic heterocycles. The van der Waals surface area contributed by atoms with Crippen LogP contribution in [0.4, 0.5) is 5.82 Å². The fourth-order valence-electron chi connectivity index (χ4n) is 4.42. The van der Waals surface area contributed by atoms with E-state index < -0.39 is 6.10 Å². The lowest BCUT2D eigenvalue weighted by atomic mass is 10.0. The van der Waals surface area contributed by atoms with E-state index in [1.165, 1.54) is 0 Å². The van der Waals surface area contributed by atoms with E-state index in [-0.39, 0.29) is 18.8 Å². The van der Waals surface area contributed by atoms with E-state index in [4.69, 9.17) is 35.6 Å². The summed E-state index contributed by atoms with van der Waals surface area (Å²) in [5.74, 6) is 2.46. The molecule has 3 heterocycles. The third-order valence-electron chi connectivity index (χ3n) is 6.30. The van der Waals surface area contributed by atoms with Crippen LogP contribution in [-0.2, 0) is 4.74 Å². The number of anilines is 1. The molecule has 4 rings (SSSR count). The van der Waals surface area contributed by atoms with E-state index >= 15 is 0 Å². The molecule has 194 valence electrons. The molecule has 10 heteroatoms. The van der Waals surface area contributed by atoms with Crippen molar-refractivity contribution >= 4 is 17.4 Å². The lowest BCUT2D eigenvalue weighted by molar-refractivity contribution is 0.0231. The molecule has 36 heavy (non-hydrogen) atoms. The molecule has 0 amide bonds. The Kier molecular flexibility index (Phi) is 8.46. The summed E-state index contributed by atoms with van der Waals surface area (Å²) >= 11 is 6.62. The van der Waals surface area contributed by atoms with Crippen LogP contribution < -0.4 is 15.4 Å². The zero-order valence-electron chi connectivity index (χ0n) is 21.4. The Hall–Kier alpha value is -2.72. The summed E-state index contributed by atoms with van der Waals surface area (Å²) in [6.45, 7) is 9.15. The number of halogens is 1. The molecule has 0 aliphatic carbocycles. The number of aromatic nitrogens is 3. The molecule has 0 radical (unpaired) electrons. The van der Waals surface area contributed by atoms with Crippen molar-refractivity contribution in [3.63, 3.8) is 0 Å². The Balaban J connectivity index is 1.76. The molecule has 1 saturated heterocycles. The SMILES string of the molecule is CNCC(O)COc1ccc(Cl)c(-c2nc(NC3CCOC(C)C3)c(C)c(-c3c(C)noc3C)n2)c1. The summed E-state index contributed by atoms with van der Waals surface area (Å²) in [6, 6.07) is 5.55. The van der Waals surface area contributed by atoms with Crippen molar-refractivity contribution < 1.29 is 19.1 Å². The number of aryl methyl sites for hydroxylation is 2. The van der Waals surface area contributed by atoms with Gasteiger partial charge in [-0.3, -0.25) is 0 Å². The van der Waals surface area contributed by atoms with Crippen LogP contribution in [0.1, 0.15) is 36.8 Å². The number of hydrogen-bond acceptors (Lipinski definition) is 9. The highest BCUT2D eigenvalue weighted by atomic mass is 35.5. The van der Waals surface area contributed by atoms with Gasteiger partial charge in [0, 0.05) is 30.3 Å². The van der Waals surface area contributed by atoms with E-state index in [9.17, 15) is 5.11 Å². The highest BCUT2D eigenvalue weighted by Gasteiger charge is 2.25. The van der Waals surface area contributed by atoms with Gasteiger partial charge in [0.05, 0.1) is 28.1 Å². The fraction of sp³-hybridized carbons (Fsp3) is 0.500. The van der Waals surface area contributed by atoms with E-state index in [2.05, 4.69) is 22.7 Å². The van der Waals surface area contributed by atoms with E-state index in [1.54, 1.807) is 25.2 Å². The topological polar surface area (TPSA) is 115 Å². The van der Waals surface area contributed by atoms with Crippen LogP contribution in [0.5, 0.6) is 5.75 Å². The number of likely N-dealkylation sites (N-methyl/N-ethyl adjacent to an activating group) is 1. The van der Waals surface area contributed by atoms with Gasteiger partial charge in [0.25, 0.3) is 0 Å². The molecular weight excluding hydrogens is 482 g/mol. The number of rotatable bonds is 9. The standard InChI is InChI=1S/C26H34ClN5O4/c1-14-10-18(8-9-34-14)29-25-15(2)24(23-16(3)32-36-17(23)4)30-26(31-25)21-11-20(6-7-22(21)27)35-13-19(33)12-28-5/h6-7,11,14,18-19,28,33H,8-10,12-13H2,1-5H3,(H,29,30,31). The number of aliphatic hydroxyl groups excluding tert-OH is 1. The first kappa shape index (κ1) is 26.3. The Bertz CT molecular complexity index is 1180. The summed E-state index contributed by atoms with van der Waals surface area (Å²) in [5, 5.41) is 21.2.